The van der Waals surface area contributed by atoms with Crippen molar-refractivity contribution in [2.24, 2.45) is 11.7 Å². The molecule has 17 heavy (non-hydrogen) atoms. The van der Waals surface area contributed by atoms with Crippen molar-refractivity contribution >= 4 is 9.84 Å². The van der Waals surface area contributed by atoms with Crippen LogP contribution in [-0.4, -0.2) is 49.5 Å². The fraction of sp³-hybridized carbons (Fsp3) is 1.00. The van der Waals surface area contributed by atoms with Crippen LogP contribution in [0, 0.1) is 5.92 Å². The van der Waals surface area contributed by atoms with Gasteiger partial charge in [-0.05, 0) is 39.0 Å². The summed E-state index contributed by atoms with van der Waals surface area (Å²) in [5.74, 6) is 1.32. The molecular formula is C12H24N2O2S. The van der Waals surface area contributed by atoms with E-state index >= 15 is 0 Å². The van der Waals surface area contributed by atoms with Gasteiger partial charge in [-0.3, -0.25) is 4.90 Å². The maximum atomic E-state index is 11.8. The summed E-state index contributed by atoms with van der Waals surface area (Å²) >= 11 is 0. The fourth-order valence-electron chi connectivity index (χ4n) is 2.93. The highest BCUT2D eigenvalue weighted by molar-refractivity contribution is 7.91. The van der Waals surface area contributed by atoms with Gasteiger partial charge in [0.2, 0.25) is 0 Å². The summed E-state index contributed by atoms with van der Waals surface area (Å²) in [4.78, 5) is 2.36. The van der Waals surface area contributed by atoms with E-state index in [-0.39, 0.29) is 11.3 Å². The number of hydrogen-bond donors (Lipinski definition) is 1. The molecule has 0 spiro atoms. The van der Waals surface area contributed by atoms with Gasteiger partial charge in [-0.1, -0.05) is 0 Å². The van der Waals surface area contributed by atoms with Gasteiger partial charge in [-0.25, -0.2) is 8.42 Å². The van der Waals surface area contributed by atoms with Crippen LogP contribution in [0.1, 0.15) is 33.1 Å². The molecule has 100 valence electrons. The Morgan fingerprint density at radius 3 is 2.41 bits per heavy atom. The van der Waals surface area contributed by atoms with Crippen LogP contribution >= 0.6 is 0 Å². The van der Waals surface area contributed by atoms with Gasteiger partial charge in [0, 0.05) is 24.7 Å². The molecule has 1 aliphatic carbocycles. The molecule has 0 radical (unpaired) electrons. The molecule has 1 atom stereocenters. The first-order chi connectivity index (χ1) is 7.88. The van der Waals surface area contributed by atoms with Gasteiger partial charge in [-0.15, -0.1) is 0 Å². The van der Waals surface area contributed by atoms with E-state index in [1.54, 1.807) is 0 Å². The predicted octanol–water partition coefficient (Wildman–Crippen LogP) is 0.623. The lowest BCUT2D eigenvalue weighted by atomic mass is 9.94. The van der Waals surface area contributed by atoms with Crippen molar-refractivity contribution in [1.82, 2.24) is 4.90 Å². The van der Waals surface area contributed by atoms with Crippen molar-refractivity contribution < 1.29 is 8.42 Å². The molecule has 5 heteroatoms. The quantitative estimate of drug-likeness (QED) is 0.787. The highest BCUT2D eigenvalue weighted by Crippen LogP contribution is 2.36. The van der Waals surface area contributed by atoms with E-state index in [0.717, 1.165) is 12.5 Å². The van der Waals surface area contributed by atoms with Gasteiger partial charge in [0.15, 0.2) is 9.84 Å². The minimum absolute atomic E-state index is 0.251. The summed E-state index contributed by atoms with van der Waals surface area (Å²) in [6.45, 7) is 5.76. The molecule has 2 fully saturated rings. The first-order valence-corrected chi connectivity index (χ1v) is 8.38. The lowest BCUT2D eigenvalue weighted by Gasteiger charge is -2.42. The molecule has 0 bridgehead atoms. The minimum Gasteiger partial charge on any atom is -0.329 e. The molecule has 1 heterocycles. The van der Waals surface area contributed by atoms with E-state index in [1.165, 1.54) is 12.8 Å². The summed E-state index contributed by atoms with van der Waals surface area (Å²) in [6, 6.07) is 0.368. The zero-order chi connectivity index (χ0) is 12.7. The molecule has 2 aliphatic rings. The van der Waals surface area contributed by atoms with E-state index in [9.17, 15) is 8.42 Å². The predicted molar refractivity (Wildman–Crippen MR) is 69.6 cm³/mol. The molecule has 1 saturated heterocycles. The highest BCUT2D eigenvalue weighted by atomic mass is 32.2. The van der Waals surface area contributed by atoms with Crippen LogP contribution in [0.15, 0.2) is 0 Å². The van der Waals surface area contributed by atoms with Gasteiger partial charge >= 0.3 is 0 Å². The number of hydrogen-bond acceptors (Lipinski definition) is 4. The second-order valence-electron chi connectivity index (χ2n) is 5.96. The Bertz CT molecular complexity index is 376. The second kappa shape index (κ2) is 4.52. The first-order valence-electron chi connectivity index (χ1n) is 6.56. The van der Waals surface area contributed by atoms with Crippen LogP contribution in [0.25, 0.3) is 0 Å². The lowest BCUT2D eigenvalue weighted by molar-refractivity contribution is 0.0757. The standard InChI is InChI=1S/C12H24N2O2S/c1-10(2)14(7-11-3-4-11)12(8-13)5-6-17(15,16)9-12/h10-11H,3-9,13H2,1-2H3. The van der Waals surface area contributed by atoms with Gasteiger partial charge in [0.05, 0.1) is 11.5 Å². The van der Waals surface area contributed by atoms with Crippen LogP contribution in [0.2, 0.25) is 0 Å². The average molecular weight is 260 g/mol. The van der Waals surface area contributed by atoms with Gasteiger partial charge in [0.1, 0.15) is 0 Å². The van der Waals surface area contributed by atoms with Crippen molar-refractivity contribution in [2.45, 2.75) is 44.7 Å². The maximum Gasteiger partial charge on any atom is 0.152 e. The summed E-state index contributed by atoms with van der Waals surface area (Å²) in [5.41, 5.74) is 5.62. The maximum absolute atomic E-state index is 11.8. The Balaban J connectivity index is 2.18. The number of sulfone groups is 1. The minimum atomic E-state index is -2.88. The molecule has 0 aromatic carbocycles. The summed E-state index contributed by atoms with van der Waals surface area (Å²) in [5, 5.41) is 0. The van der Waals surface area contributed by atoms with Crippen LogP contribution in [0.4, 0.5) is 0 Å². The monoisotopic (exact) mass is 260 g/mol. The Morgan fingerprint density at radius 1 is 1.41 bits per heavy atom. The van der Waals surface area contributed by atoms with Crippen LogP contribution in [0.3, 0.4) is 0 Å². The Morgan fingerprint density at radius 2 is 2.06 bits per heavy atom. The van der Waals surface area contributed by atoms with Crippen LogP contribution < -0.4 is 5.73 Å². The van der Waals surface area contributed by atoms with Crippen molar-refractivity contribution in [3.8, 4) is 0 Å². The SMILES string of the molecule is CC(C)N(CC1CC1)C1(CN)CCS(=O)(=O)C1. The molecule has 4 nitrogen and oxygen atoms in total. The Hall–Kier alpha value is -0.130. The molecule has 1 aliphatic heterocycles. The van der Waals surface area contributed by atoms with Crippen molar-refractivity contribution in [3.63, 3.8) is 0 Å². The van der Waals surface area contributed by atoms with E-state index in [4.69, 9.17) is 5.73 Å². The van der Waals surface area contributed by atoms with Crippen molar-refractivity contribution in [2.75, 3.05) is 24.6 Å². The third-order valence-electron chi connectivity index (χ3n) is 4.13. The van der Waals surface area contributed by atoms with E-state index in [1.807, 2.05) is 0 Å². The van der Waals surface area contributed by atoms with E-state index in [2.05, 4.69) is 18.7 Å². The number of rotatable bonds is 5. The van der Waals surface area contributed by atoms with E-state index in [0.29, 0.717) is 24.8 Å². The second-order valence-corrected chi connectivity index (χ2v) is 8.14. The van der Waals surface area contributed by atoms with Gasteiger partial charge in [-0.2, -0.15) is 0 Å². The van der Waals surface area contributed by atoms with Crippen molar-refractivity contribution in [3.05, 3.63) is 0 Å². The summed E-state index contributed by atoms with van der Waals surface area (Å²) in [7, 11) is -2.88. The molecule has 2 rings (SSSR count). The zero-order valence-corrected chi connectivity index (χ0v) is 11.7. The lowest BCUT2D eigenvalue weighted by Crippen LogP contribution is -2.58. The number of nitrogens with two attached hydrogens (primary N) is 1. The molecule has 1 saturated carbocycles. The normalized spacial score (nSPS) is 32.5. The largest absolute Gasteiger partial charge is 0.329 e. The fourth-order valence-corrected chi connectivity index (χ4v) is 5.02. The molecule has 0 aromatic rings. The third kappa shape index (κ3) is 2.83. The summed E-state index contributed by atoms with van der Waals surface area (Å²) < 4.78 is 23.5. The van der Waals surface area contributed by atoms with E-state index < -0.39 is 9.84 Å². The summed E-state index contributed by atoms with van der Waals surface area (Å²) in [6.07, 6.45) is 3.28. The third-order valence-corrected chi connectivity index (χ3v) is 5.93. The average Bonchev–Trinajstić information content (AvgIpc) is 3.00. The molecular weight excluding hydrogens is 236 g/mol. The Kier molecular flexibility index (Phi) is 3.54. The van der Waals surface area contributed by atoms with Crippen LogP contribution in [0.5, 0.6) is 0 Å². The molecule has 1 unspecified atom stereocenters. The Labute approximate surface area is 104 Å². The molecule has 2 N–H and O–H groups in total. The number of nitrogens with zero attached hydrogens (tertiary/aromatic N) is 1. The smallest absolute Gasteiger partial charge is 0.152 e. The molecule has 0 aromatic heterocycles. The van der Waals surface area contributed by atoms with Gasteiger partial charge in [0.25, 0.3) is 0 Å². The molecule has 0 amide bonds. The topological polar surface area (TPSA) is 63.4 Å². The van der Waals surface area contributed by atoms with Crippen LogP contribution in [-0.2, 0) is 9.84 Å². The zero-order valence-electron chi connectivity index (χ0n) is 10.9. The highest BCUT2D eigenvalue weighted by Gasteiger charge is 2.47. The van der Waals surface area contributed by atoms with Crippen molar-refractivity contribution in [1.29, 1.82) is 0 Å². The van der Waals surface area contributed by atoms with Gasteiger partial charge < -0.3 is 5.73 Å². The first kappa shape index (κ1) is 13.3.